The van der Waals surface area contributed by atoms with Crippen molar-refractivity contribution >= 4 is 83.7 Å². The highest BCUT2D eigenvalue weighted by Crippen LogP contribution is 2.73. The van der Waals surface area contributed by atoms with Crippen molar-refractivity contribution in [2.45, 2.75) is 19.6 Å². The van der Waals surface area contributed by atoms with E-state index in [9.17, 15) is 0 Å². The van der Waals surface area contributed by atoms with Gasteiger partial charge in [0.2, 0.25) is 0 Å². The van der Waals surface area contributed by atoms with E-state index >= 15 is 0 Å². The van der Waals surface area contributed by atoms with Gasteiger partial charge in [0.05, 0.1) is 5.69 Å². The molecule has 15 rings (SSSR count). The number of fused-ring (bicyclic) bond motifs is 1. The monoisotopic (exact) mass is 1010 g/mol. The number of benzene rings is 13. The summed E-state index contributed by atoms with van der Waals surface area (Å²) < 4.78 is 0. The van der Waals surface area contributed by atoms with Crippen LogP contribution in [-0.4, -0.2) is 0 Å². The molecule has 0 saturated carbocycles. The van der Waals surface area contributed by atoms with Crippen LogP contribution >= 0.6 is 10.0 Å². The molecule has 0 unspecified atom stereocenters. The van der Waals surface area contributed by atoms with Gasteiger partial charge in [-0.05, 0) is 197 Å². The highest BCUT2D eigenvalue weighted by atomic mass is 32.3. The number of anilines is 3. The van der Waals surface area contributed by atoms with Crippen molar-refractivity contribution in [3.63, 3.8) is 0 Å². The summed E-state index contributed by atoms with van der Waals surface area (Å²) in [6.45, 7) is 0. The zero-order valence-electron chi connectivity index (χ0n) is 42.8. The lowest BCUT2D eigenvalue weighted by molar-refractivity contribution is 1.23. The maximum atomic E-state index is 2.47. The quantitative estimate of drug-likeness (QED) is 0.125. The summed E-state index contributed by atoms with van der Waals surface area (Å²) in [4.78, 5) is 7.64. The van der Waals surface area contributed by atoms with Crippen molar-refractivity contribution in [3.8, 4) is 44.5 Å². The molecule has 2 aliphatic carbocycles. The van der Waals surface area contributed by atoms with Gasteiger partial charge in [0.1, 0.15) is 0 Å². The van der Waals surface area contributed by atoms with E-state index in [0.717, 1.165) is 17.1 Å². The molecule has 0 aromatic heterocycles. The van der Waals surface area contributed by atoms with Crippen molar-refractivity contribution in [1.82, 2.24) is 0 Å². The topological polar surface area (TPSA) is 3.24 Å². The molecule has 0 aliphatic heterocycles. The fourth-order valence-corrected chi connectivity index (χ4v) is 16.4. The van der Waals surface area contributed by atoms with Crippen LogP contribution in [0.1, 0.15) is 22.3 Å². The van der Waals surface area contributed by atoms with E-state index in [1.165, 1.54) is 119 Å². The molecule has 2 aliphatic rings. The largest absolute Gasteiger partial charge is 0.310 e. The Balaban J connectivity index is 0.908. The minimum absolute atomic E-state index is 1.08. The lowest BCUT2D eigenvalue weighted by atomic mass is 9.89. The maximum absolute atomic E-state index is 2.47. The highest BCUT2D eigenvalue weighted by molar-refractivity contribution is 8.34. The normalized spacial score (nSPS) is 12.5. The SMILES string of the molecule is C1=Cc2cc(-c3ccc(N(c4ccc(S(c5ccccc5)(c5ccccc5)c5ccccc5)cc4)c4ccc(-c5cc6c7c(ccc(-c8ccccc8)c7c5)C=C6)c5ccccc45)cc3)cc3c(-c4ccccc4)ccc1c23. The third-order valence-corrected chi connectivity index (χ3v) is 20.0. The zero-order valence-corrected chi connectivity index (χ0v) is 43.6. The minimum atomic E-state index is -1.90. The molecule has 13 aromatic carbocycles. The van der Waals surface area contributed by atoms with Gasteiger partial charge >= 0.3 is 0 Å². The van der Waals surface area contributed by atoms with Crippen molar-refractivity contribution in [1.29, 1.82) is 0 Å². The summed E-state index contributed by atoms with van der Waals surface area (Å²) in [6, 6.07) is 106. The Morgan fingerprint density at radius 1 is 0.231 bits per heavy atom. The van der Waals surface area contributed by atoms with Gasteiger partial charge < -0.3 is 4.90 Å². The summed E-state index contributed by atoms with van der Waals surface area (Å²) >= 11 is 0. The molecule has 366 valence electrons. The second kappa shape index (κ2) is 18.8. The Kier molecular flexibility index (Phi) is 11.0. The maximum Gasteiger partial charge on any atom is 0.0540 e. The number of hydrogen-bond donors (Lipinski definition) is 0. The van der Waals surface area contributed by atoms with E-state index in [4.69, 9.17) is 0 Å². The van der Waals surface area contributed by atoms with Crippen molar-refractivity contribution in [2.24, 2.45) is 0 Å². The molecule has 13 aromatic rings. The molecule has 0 radical (unpaired) electrons. The summed E-state index contributed by atoms with van der Waals surface area (Å²) in [6.07, 6.45) is 9.08. The van der Waals surface area contributed by atoms with E-state index in [1.807, 2.05) is 0 Å². The fraction of sp³-hybridized carbons (Fsp3) is 0. The lowest BCUT2D eigenvalue weighted by Crippen LogP contribution is -2.11. The Hall–Kier alpha value is -9.73. The van der Waals surface area contributed by atoms with E-state index in [-0.39, 0.29) is 0 Å². The molecule has 0 heterocycles. The van der Waals surface area contributed by atoms with Crippen LogP contribution < -0.4 is 4.90 Å². The van der Waals surface area contributed by atoms with Gasteiger partial charge in [-0.3, -0.25) is 0 Å². The predicted octanol–water partition coefficient (Wildman–Crippen LogP) is 21.6. The molecular weight excluding hydrogens is 959 g/mol. The van der Waals surface area contributed by atoms with Crippen LogP contribution in [0.3, 0.4) is 0 Å². The van der Waals surface area contributed by atoms with Crippen LogP contribution in [0.2, 0.25) is 0 Å². The molecule has 0 bridgehead atoms. The Bertz CT molecular complexity index is 4390. The Labute approximate surface area is 457 Å². The standard InChI is InChI=1S/C76H51NS/c1-6-18-53(19-7-1)67-44-36-55-30-32-57-48-59(50-72(67)75(55)57)52-34-38-61(39-35-52)77(62-40-42-66(43-41-62)78(63-22-10-3-11-23-63,64-24-12-4-13-25-64)65-26-14-5-15-27-65)74-47-46-69(70-28-16-17-29-71(70)74)60-49-58-33-31-56-37-45-68(73(51-60)76(56)58)54-20-8-2-9-21-54/h1-51H. The van der Waals surface area contributed by atoms with Crippen LogP contribution in [-0.2, 0) is 0 Å². The van der Waals surface area contributed by atoms with Gasteiger partial charge in [0, 0.05) is 36.3 Å². The molecule has 2 heteroatoms. The first-order valence-electron chi connectivity index (χ1n) is 26.9. The van der Waals surface area contributed by atoms with Gasteiger partial charge in [-0.2, -0.15) is 0 Å². The summed E-state index contributed by atoms with van der Waals surface area (Å²) in [5.74, 6) is 0. The van der Waals surface area contributed by atoms with E-state index in [2.05, 4.69) is 314 Å². The van der Waals surface area contributed by atoms with Crippen LogP contribution in [0.4, 0.5) is 17.1 Å². The number of rotatable bonds is 11. The predicted molar refractivity (Wildman–Crippen MR) is 333 cm³/mol. The van der Waals surface area contributed by atoms with Crippen molar-refractivity contribution in [3.05, 3.63) is 307 Å². The third kappa shape index (κ3) is 7.48. The Morgan fingerprint density at radius 3 is 1.13 bits per heavy atom. The summed E-state index contributed by atoms with van der Waals surface area (Å²) in [5.41, 5.74) is 18.1. The van der Waals surface area contributed by atoms with Gasteiger partial charge in [0.25, 0.3) is 0 Å². The fourth-order valence-electron chi connectivity index (χ4n) is 12.5. The van der Waals surface area contributed by atoms with E-state index < -0.39 is 10.0 Å². The summed E-state index contributed by atoms with van der Waals surface area (Å²) in [7, 11) is -1.90. The third-order valence-electron chi connectivity index (χ3n) is 16.1. The Morgan fingerprint density at radius 2 is 0.615 bits per heavy atom. The molecule has 0 saturated heterocycles. The zero-order chi connectivity index (χ0) is 51.6. The first-order chi connectivity index (χ1) is 38.7. The average molecular weight is 1010 g/mol. The molecule has 0 spiro atoms. The summed E-state index contributed by atoms with van der Waals surface area (Å²) in [5, 5.41) is 7.58. The molecule has 0 fully saturated rings. The second-order valence-corrected chi connectivity index (χ2v) is 23.5. The molecule has 0 atom stereocenters. The second-order valence-electron chi connectivity index (χ2n) is 20.4. The molecule has 1 nitrogen and oxygen atoms in total. The minimum Gasteiger partial charge on any atom is -0.310 e. The number of nitrogens with zero attached hydrogens (tertiary/aromatic N) is 1. The first-order valence-corrected chi connectivity index (χ1v) is 28.5. The van der Waals surface area contributed by atoms with E-state index in [1.54, 1.807) is 0 Å². The average Bonchev–Trinajstić information content (AvgIpc) is 4.28. The van der Waals surface area contributed by atoms with Crippen LogP contribution in [0.5, 0.6) is 0 Å². The van der Waals surface area contributed by atoms with Gasteiger partial charge in [-0.25, -0.2) is 0 Å². The molecule has 78 heavy (non-hydrogen) atoms. The smallest absolute Gasteiger partial charge is 0.0540 e. The van der Waals surface area contributed by atoms with E-state index in [0.29, 0.717) is 0 Å². The number of hydrogen-bond acceptors (Lipinski definition) is 1. The van der Waals surface area contributed by atoms with Crippen molar-refractivity contribution < 1.29 is 0 Å². The van der Waals surface area contributed by atoms with Crippen LogP contribution in [0.25, 0.3) is 101 Å². The van der Waals surface area contributed by atoms with Gasteiger partial charge in [-0.1, -0.05) is 206 Å². The van der Waals surface area contributed by atoms with Crippen LogP contribution in [0.15, 0.2) is 305 Å². The first kappa shape index (κ1) is 45.6. The molecule has 0 N–H and O–H groups in total. The lowest BCUT2D eigenvalue weighted by Gasteiger charge is -2.42. The molecule has 0 amide bonds. The molecular formula is C76H51NS. The van der Waals surface area contributed by atoms with Crippen molar-refractivity contribution in [2.75, 3.05) is 4.90 Å². The van der Waals surface area contributed by atoms with Crippen LogP contribution in [0, 0.1) is 0 Å². The highest BCUT2D eigenvalue weighted by Gasteiger charge is 2.33. The van der Waals surface area contributed by atoms with Gasteiger partial charge in [-0.15, -0.1) is 10.0 Å². The van der Waals surface area contributed by atoms with Gasteiger partial charge in [0.15, 0.2) is 0 Å².